The number of carbonyl (C=O) groups is 1. The molecule has 2 fully saturated rings. The summed E-state index contributed by atoms with van der Waals surface area (Å²) in [5.41, 5.74) is 1.28. The van der Waals surface area contributed by atoms with Gasteiger partial charge in [-0.05, 0) is 95.0 Å². The second-order valence-electron chi connectivity index (χ2n) is 25.0. The molecule has 0 spiro atoms. The molecule has 7 heterocycles. The molecule has 33 heteroatoms. The van der Waals surface area contributed by atoms with Crippen LogP contribution in [0.15, 0.2) is 170 Å². The van der Waals surface area contributed by atoms with Crippen molar-refractivity contribution in [2.45, 2.75) is 113 Å². The summed E-state index contributed by atoms with van der Waals surface area (Å²) in [6.07, 6.45) is -5.13. The van der Waals surface area contributed by atoms with Gasteiger partial charge in [0.2, 0.25) is 5.78 Å². The summed E-state index contributed by atoms with van der Waals surface area (Å²) in [5.74, 6) is 0.887. The molecule has 1 amide bonds. The average Bonchev–Trinajstić information content (AvgIpc) is 1.55. The van der Waals surface area contributed by atoms with Crippen molar-refractivity contribution in [1.29, 1.82) is 5.26 Å². The third kappa shape index (κ3) is 14.5. The molecular formula is C67H70FN12O16P2SSi+. The molecule has 0 saturated carbocycles. The maximum Gasteiger partial charge on any atom is 0.695 e. The van der Waals surface area contributed by atoms with Crippen LogP contribution in [0.3, 0.4) is 0 Å². The average molecular weight is 1440 g/mol. The van der Waals surface area contributed by atoms with Crippen molar-refractivity contribution in [2.75, 3.05) is 39.4 Å². The van der Waals surface area contributed by atoms with E-state index in [1.54, 1.807) is 78.2 Å². The van der Waals surface area contributed by atoms with Gasteiger partial charge in [-0.1, -0.05) is 106 Å². The molecule has 0 aliphatic carbocycles. The number of nitriles is 1. The van der Waals surface area contributed by atoms with E-state index in [2.05, 4.69) is 31.3 Å². The summed E-state index contributed by atoms with van der Waals surface area (Å²) in [6.45, 7) is 4.67. The van der Waals surface area contributed by atoms with E-state index in [-0.39, 0.29) is 59.2 Å². The zero-order valence-corrected chi connectivity index (χ0v) is 58.7. The highest BCUT2D eigenvalue weighted by Crippen LogP contribution is 2.56. The fraction of sp³-hybridized carbons (Fsp3) is 0.343. The first-order valence-corrected chi connectivity index (χ1v) is 38.2. The Hall–Kier alpha value is -8.96. The largest absolute Gasteiger partial charge is 0.695 e. The number of anilines is 1. The minimum atomic E-state index is -4.41. The monoisotopic (exact) mass is 1440 g/mol. The van der Waals surface area contributed by atoms with Crippen molar-refractivity contribution in [1.82, 2.24) is 43.0 Å². The first-order valence-electron chi connectivity index (χ1n) is 31.6. The number of benzene rings is 5. The Balaban J connectivity index is 0.958. The molecule has 5 aromatic carbocycles. The predicted molar refractivity (Wildman–Crippen MR) is 368 cm³/mol. The lowest BCUT2D eigenvalue weighted by Crippen LogP contribution is -2.49. The van der Waals surface area contributed by atoms with Crippen LogP contribution in [0.5, 0.6) is 11.5 Å². The molecule has 0 radical (unpaired) electrons. The van der Waals surface area contributed by atoms with Crippen LogP contribution in [-0.4, -0.2) is 138 Å². The standard InChI is InChI=1S/C67H69FN12O16P2SSi/c1-66(2,3)100(6,7)96-57-56(95-98(99,90-36-14-32-69)91-38-51-55(94-97(85)86)52(68)63(92-51)78-40-72-53-58(70-39-71-59(53)78)74-61(81)43-15-10-8-11-16-43)50(37-89-67(44-17-12-9-13-18-44,45-21-27-48(87-4)28-22-45)46-23-29-49(88-5)30-24-46)93-64(57)79-41-73-54-60(79)75-65-76(34-35-77(65)62(54)82)33-31-42-19-25-47(26-20-42)80(83)84/h8-13,15-30,34-35,39-41,50-52,55-57,63-64H,14,31,33,36-38H2,1-7H3,(H-,70,71,74,81,85,86)/p+1/t50-,51-,52-,55-,56-,57-,63-,64-,98?/m1/s1. The topological polar surface area (TPSA) is 326 Å². The molecule has 10 aromatic rings. The SMILES string of the molecule is COc1ccc(C(OC[C@H]2O[C@@H](n3cnc4c(=O)n5ccn(CCc6ccc([N+](=O)[O-])cc6)c5nc43)[C@H](O[Si](C)(C)C(C)(C)C)[C@@H]2OP(=S)(OCCC#N)OC[C@H]2O[C@@H](n3cnc4c(NC(=O)c5ccccc5)ncnc43)[C@H](F)[C@@H]2O[P+](=O)O)(c2ccccc2)c2ccc(OC)cc2)cc1. The lowest BCUT2D eigenvalue weighted by Gasteiger charge is -2.41. The number of rotatable bonds is 28. The summed E-state index contributed by atoms with van der Waals surface area (Å²) < 4.78 is 102. The smallest absolute Gasteiger partial charge is 0.497 e. The van der Waals surface area contributed by atoms with E-state index >= 15 is 4.39 Å². The number of non-ortho nitro benzene ring substituents is 1. The van der Waals surface area contributed by atoms with E-state index in [9.17, 15) is 34.4 Å². The normalized spacial score (nSPS) is 20.3. The molecule has 2 aliphatic rings. The molecule has 0 bridgehead atoms. The third-order valence-electron chi connectivity index (χ3n) is 18.0. The number of halogens is 1. The van der Waals surface area contributed by atoms with Gasteiger partial charge in [0, 0.05) is 41.2 Å². The quantitative estimate of drug-likeness (QED) is 0.0115. The Morgan fingerprint density at radius 2 is 1.41 bits per heavy atom. The molecular weight excluding hydrogens is 1370 g/mol. The van der Waals surface area contributed by atoms with Gasteiger partial charge in [0.1, 0.15) is 47.8 Å². The predicted octanol–water partition coefficient (Wildman–Crippen LogP) is 11.2. The van der Waals surface area contributed by atoms with E-state index in [1.165, 1.54) is 33.8 Å². The van der Waals surface area contributed by atoms with Crippen molar-refractivity contribution < 1.29 is 69.8 Å². The maximum absolute atomic E-state index is 17.3. The number of ether oxygens (including phenoxy) is 5. The van der Waals surface area contributed by atoms with Crippen LogP contribution in [0.4, 0.5) is 15.9 Å². The number of carbonyl (C=O) groups excluding carboxylic acids is 1. The first kappa shape index (κ1) is 70.9. The summed E-state index contributed by atoms with van der Waals surface area (Å²) in [6, 6.07) is 41.0. The molecule has 2 unspecified atom stereocenters. The van der Waals surface area contributed by atoms with E-state index in [4.69, 9.17) is 63.0 Å². The van der Waals surface area contributed by atoms with Crippen LogP contribution in [0, 0.1) is 21.4 Å². The number of alkyl halides is 1. The van der Waals surface area contributed by atoms with Gasteiger partial charge in [-0.2, -0.15) is 10.2 Å². The lowest BCUT2D eigenvalue weighted by atomic mass is 9.80. The maximum atomic E-state index is 17.3. The number of nitro groups is 1. The number of aromatic nitrogens is 9. The van der Waals surface area contributed by atoms with Gasteiger partial charge in [0.15, 0.2) is 61.2 Å². The number of nitrogens with zero attached hydrogens (tertiary/aromatic N) is 11. The third-order valence-corrected chi connectivity index (χ3v) is 25.2. The van der Waals surface area contributed by atoms with Crippen LogP contribution in [0.25, 0.3) is 28.1 Å². The summed E-state index contributed by atoms with van der Waals surface area (Å²) in [7, 11) is -3.42. The van der Waals surface area contributed by atoms with Gasteiger partial charge < -0.3 is 47.0 Å². The van der Waals surface area contributed by atoms with Gasteiger partial charge in [0.25, 0.3) is 17.2 Å². The van der Waals surface area contributed by atoms with E-state index in [1.807, 2.05) is 113 Å². The Labute approximate surface area is 579 Å². The minimum Gasteiger partial charge on any atom is -0.497 e. The highest BCUT2D eigenvalue weighted by atomic mass is 32.5. The van der Waals surface area contributed by atoms with Gasteiger partial charge in [-0.15, -0.1) is 9.42 Å². The molecule has 2 aliphatic heterocycles. The number of hydrogen-bond acceptors (Lipinski definition) is 22. The van der Waals surface area contributed by atoms with E-state index < -0.39 is 106 Å². The van der Waals surface area contributed by atoms with E-state index in [0.717, 1.165) is 11.9 Å². The van der Waals surface area contributed by atoms with E-state index in [0.29, 0.717) is 46.7 Å². The number of amides is 1. The van der Waals surface area contributed by atoms with Crippen molar-refractivity contribution in [3.8, 4) is 17.6 Å². The Morgan fingerprint density at radius 3 is 2.03 bits per heavy atom. The van der Waals surface area contributed by atoms with Crippen molar-refractivity contribution in [2.24, 2.45) is 0 Å². The molecule has 12 rings (SSSR count). The zero-order chi connectivity index (χ0) is 70.7. The molecule has 520 valence electrons. The Morgan fingerprint density at radius 1 is 0.800 bits per heavy atom. The molecule has 100 heavy (non-hydrogen) atoms. The van der Waals surface area contributed by atoms with Gasteiger partial charge in [-0.25, -0.2) is 28.7 Å². The van der Waals surface area contributed by atoms with Gasteiger partial charge in [-0.3, -0.25) is 33.4 Å². The Bertz CT molecular complexity index is 4710. The fourth-order valence-corrected chi connectivity index (χ4v) is 15.7. The van der Waals surface area contributed by atoms with Crippen molar-refractivity contribution >= 4 is 80.6 Å². The highest BCUT2D eigenvalue weighted by Gasteiger charge is 2.57. The van der Waals surface area contributed by atoms with Crippen molar-refractivity contribution in [3.63, 3.8) is 0 Å². The second kappa shape index (κ2) is 29.7. The molecule has 28 nitrogen and oxygen atoms in total. The fourth-order valence-electron chi connectivity index (χ4n) is 11.8. The summed E-state index contributed by atoms with van der Waals surface area (Å²) >= 11 is 6.42. The summed E-state index contributed by atoms with van der Waals surface area (Å²) in [4.78, 5) is 72.0. The lowest BCUT2D eigenvalue weighted by molar-refractivity contribution is -0.384. The Kier molecular flexibility index (Phi) is 21.0. The van der Waals surface area contributed by atoms with Gasteiger partial charge in [0.05, 0.1) is 64.1 Å². The van der Waals surface area contributed by atoms with Crippen LogP contribution in [0.2, 0.25) is 18.1 Å². The molecule has 5 aromatic heterocycles. The number of imidazole rings is 3. The number of aryl methyl sites for hydroxylation is 2. The van der Waals surface area contributed by atoms with Crippen LogP contribution < -0.4 is 20.3 Å². The number of hydrogen-bond donors (Lipinski definition) is 2. The molecule has 2 N–H and O–H groups in total. The first-order chi connectivity index (χ1) is 48.0. The number of methoxy groups -OCH3 is 2. The number of fused-ring (bicyclic) bond motifs is 3. The van der Waals surface area contributed by atoms with Crippen LogP contribution in [-0.2, 0) is 71.7 Å². The van der Waals surface area contributed by atoms with Crippen LogP contribution >= 0.6 is 15.0 Å². The minimum absolute atomic E-state index is 0.00208. The molecule has 2 saturated heterocycles. The van der Waals surface area contributed by atoms with Gasteiger partial charge >= 0.3 is 15.0 Å². The van der Waals surface area contributed by atoms with Crippen LogP contribution in [0.1, 0.15) is 72.3 Å². The highest BCUT2D eigenvalue weighted by molar-refractivity contribution is 8.07. The second-order valence-corrected chi connectivity index (χ2v) is 33.4. The number of nitro benzene ring substituents is 1. The molecule has 10 atom stereocenters. The zero-order valence-electron chi connectivity index (χ0n) is 55.1. The summed E-state index contributed by atoms with van der Waals surface area (Å²) in [5, 5.41) is 23.7. The number of nitrogens with one attached hydrogen (secondary N) is 1. The van der Waals surface area contributed by atoms with Crippen molar-refractivity contribution in [3.05, 3.63) is 213 Å².